The van der Waals surface area contributed by atoms with Gasteiger partial charge in [0.1, 0.15) is 0 Å². The zero-order valence-electron chi connectivity index (χ0n) is 6.71. The first-order chi connectivity index (χ1) is 5.27. The molecule has 0 atom stereocenters. The molecule has 0 unspecified atom stereocenters. The molecular weight excluding hydrogens is 180 g/mol. The molecule has 0 aliphatic heterocycles. The normalized spacial score (nSPS) is 10.0. The number of rotatable bonds is 6. The molecule has 0 amide bonds. The molecule has 0 saturated carbocycles. The van der Waals surface area contributed by atoms with E-state index in [4.69, 9.17) is 4.74 Å². The number of thioether (sulfide) groups is 1. The van der Waals surface area contributed by atoms with Gasteiger partial charge in [0.05, 0.1) is 6.61 Å². The molecule has 0 spiro atoms. The fraction of sp³-hybridized carbons (Fsp3) is 0.857. The molecule has 0 radical (unpaired) electrons. The van der Waals surface area contributed by atoms with Crippen LogP contribution in [0, 0.1) is 0 Å². The van der Waals surface area contributed by atoms with Crippen LogP contribution >= 0.6 is 24.4 Å². The SMILES string of the molecule is CCCCOCCSC(=O)S. The molecule has 66 valence electrons. The molecule has 0 aromatic heterocycles. The highest BCUT2D eigenvalue weighted by Gasteiger charge is 1.93. The zero-order valence-corrected chi connectivity index (χ0v) is 8.42. The van der Waals surface area contributed by atoms with Gasteiger partial charge in [-0.05, 0) is 6.42 Å². The van der Waals surface area contributed by atoms with Gasteiger partial charge in [-0.2, -0.15) is 0 Å². The van der Waals surface area contributed by atoms with E-state index < -0.39 is 0 Å². The Balaban J connectivity index is 2.85. The Bertz CT molecular complexity index is 107. The predicted octanol–water partition coefficient (Wildman–Crippen LogP) is 2.59. The minimum absolute atomic E-state index is 0.135. The summed E-state index contributed by atoms with van der Waals surface area (Å²) < 4.78 is 5.08. The summed E-state index contributed by atoms with van der Waals surface area (Å²) in [5, 5.41) is 0. The number of carbonyl (C=O) groups is 1. The Kier molecular flexibility index (Phi) is 8.68. The molecule has 0 N–H and O–H groups in total. The summed E-state index contributed by atoms with van der Waals surface area (Å²) in [7, 11) is 0. The summed E-state index contributed by atoms with van der Waals surface area (Å²) >= 11 is 4.80. The molecule has 0 fully saturated rings. The maximum absolute atomic E-state index is 10.3. The third-order valence-electron chi connectivity index (χ3n) is 1.10. The van der Waals surface area contributed by atoms with Gasteiger partial charge in [0, 0.05) is 12.4 Å². The number of hydrogen-bond donors (Lipinski definition) is 1. The van der Waals surface area contributed by atoms with Gasteiger partial charge in [-0.3, -0.25) is 4.79 Å². The summed E-state index contributed by atoms with van der Waals surface area (Å²) in [4.78, 5) is 10.3. The Morgan fingerprint density at radius 2 is 2.27 bits per heavy atom. The molecule has 2 nitrogen and oxygen atoms in total. The lowest BCUT2D eigenvalue weighted by Crippen LogP contribution is -1.99. The van der Waals surface area contributed by atoms with Crippen LogP contribution in [-0.4, -0.2) is 23.4 Å². The molecule has 0 aliphatic carbocycles. The molecule has 4 heteroatoms. The van der Waals surface area contributed by atoms with Gasteiger partial charge in [0.25, 0.3) is 0 Å². The van der Waals surface area contributed by atoms with E-state index in [-0.39, 0.29) is 4.45 Å². The highest BCUT2D eigenvalue weighted by Crippen LogP contribution is 2.05. The maximum Gasteiger partial charge on any atom is 0.243 e. The number of carbonyl (C=O) groups excluding carboxylic acids is 1. The molecule has 0 saturated heterocycles. The van der Waals surface area contributed by atoms with E-state index in [1.54, 1.807) is 0 Å². The van der Waals surface area contributed by atoms with Crippen LogP contribution in [0.1, 0.15) is 19.8 Å². The van der Waals surface area contributed by atoms with E-state index in [1.165, 1.54) is 11.8 Å². The molecular formula is C7H14O2S2. The smallest absolute Gasteiger partial charge is 0.243 e. The third kappa shape index (κ3) is 10.3. The Morgan fingerprint density at radius 1 is 1.55 bits per heavy atom. The van der Waals surface area contributed by atoms with E-state index in [1.807, 2.05) is 0 Å². The van der Waals surface area contributed by atoms with E-state index in [0.717, 1.165) is 19.4 Å². The lowest BCUT2D eigenvalue weighted by Gasteiger charge is -2.00. The van der Waals surface area contributed by atoms with Crippen molar-refractivity contribution in [2.75, 3.05) is 19.0 Å². The topological polar surface area (TPSA) is 26.3 Å². The predicted molar refractivity (Wildman–Crippen MR) is 52.6 cm³/mol. The van der Waals surface area contributed by atoms with Crippen LogP contribution in [0.15, 0.2) is 0 Å². The fourth-order valence-corrected chi connectivity index (χ4v) is 1.19. The van der Waals surface area contributed by atoms with E-state index in [9.17, 15) is 4.79 Å². The van der Waals surface area contributed by atoms with Gasteiger partial charge in [-0.15, -0.1) is 0 Å². The quantitative estimate of drug-likeness (QED) is 0.520. The highest BCUT2D eigenvalue weighted by atomic mass is 32.2. The Morgan fingerprint density at radius 3 is 2.82 bits per heavy atom. The standard InChI is InChI=1S/C7H14O2S2/c1-2-3-4-9-5-6-11-7(8)10/h2-6H2,1H3,(H,8,10). The summed E-state index contributed by atoms with van der Waals surface area (Å²) in [5.74, 6) is 0.714. The number of ether oxygens (including phenoxy) is 1. The minimum Gasteiger partial charge on any atom is -0.381 e. The molecule has 11 heavy (non-hydrogen) atoms. The van der Waals surface area contributed by atoms with Crippen molar-refractivity contribution in [1.29, 1.82) is 0 Å². The second-order valence-electron chi connectivity index (χ2n) is 2.08. The Labute approximate surface area is 77.5 Å². The number of unbranched alkanes of at least 4 members (excludes halogenated alkanes) is 1. The first-order valence-corrected chi connectivity index (χ1v) is 5.14. The Hall–Kier alpha value is 0.330. The summed E-state index contributed by atoms with van der Waals surface area (Å²) in [5.41, 5.74) is 0. The van der Waals surface area contributed by atoms with Crippen molar-refractivity contribution in [3.8, 4) is 0 Å². The van der Waals surface area contributed by atoms with Crippen LogP contribution in [0.4, 0.5) is 4.79 Å². The van der Waals surface area contributed by atoms with Crippen molar-refractivity contribution in [2.45, 2.75) is 19.8 Å². The highest BCUT2D eigenvalue weighted by molar-refractivity contribution is 8.32. The minimum atomic E-state index is -0.135. The van der Waals surface area contributed by atoms with E-state index in [2.05, 4.69) is 19.6 Å². The first kappa shape index (κ1) is 11.3. The van der Waals surface area contributed by atoms with Gasteiger partial charge in [0.2, 0.25) is 4.45 Å². The second kappa shape index (κ2) is 8.43. The zero-order chi connectivity index (χ0) is 8.53. The van der Waals surface area contributed by atoms with Gasteiger partial charge in [0.15, 0.2) is 0 Å². The van der Waals surface area contributed by atoms with Crippen molar-refractivity contribution >= 4 is 28.8 Å². The molecule has 0 aromatic rings. The van der Waals surface area contributed by atoms with Crippen molar-refractivity contribution in [2.24, 2.45) is 0 Å². The van der Waals surface area contributed by atoms with Crippen LogP contribution in [-0.2, 0) is 4.74 Å². The van der Waals surface area contributed by atoms with Crippen LogP contribution in [0.3, 0.4) is 0 Å². The summed E-state index contributed by atoms with van der Waals surface area (Å²) in [6, 6.07) is 0. The molecule has 0 bridgehead atoms. The largest absolute Gasteiger partial charge is 0.381 e. The van der Waals surface area contributed by atoms with E-state index in [0.29, 0.717) is 12.4 Å². The molecule has 0 aromatic carbocycles. The second-order valence-corrected chi connectivity index (χ2v) is 3.86. The third-order valence-corrected chi connectivity index (χ3v) is 2.10. The lowest BCUT2D eigenvalue weighted by molar-refractivity contribution is 0.147. The van der Waals surface area contributed by atoms with Gasteiger partial charge >= 0.3 is 0 Å². The van der Waals surface area contributed by atoms with Crippen LogP contribution in [0.2, 0.25) is 0 Å². The monoisotopic (exact) mass is 194 g/mol. The number of hydrogen-bond acceptors (Lipinski definition) is 3. The fourth-order valence-electron chi connectivity index (χ4n) is 0.536. The number of thiol groups is 1. The van der Waals surface area contributed by atoms with E-state index >= 15 is 0 Å². The van der Waals surface area contributed by atoms with Gasteiger partial charge < -0.3 is 4.74 Å². The summed E-state index contributed by atoms with van der Waals surface area (Å²) in [6.07, 6.45) is 2.25. The van der Waals surface area contributed by atoms with Crippen molar-refractivity contribution in [3.63, 3.8) is 0 Å². The lowest BCUT2D eigenvalue weighted by atomic mass is 10.4. The van der Waals surface area contributed by atoms with Gasteiger partial charge in [-0.1, -0.05) is 37.7 Å². The molecule has 0 aliphatic rings. The first-order valence-electron chi connectivity index (χ1n) is 3.70. The maximum atomic E-state index is 10.3. The molecule has 0 heterocycles. The van der Waals surface area contributed by atoms with Crippen LogP contribution < -0.4 is 0 Å². The van der Waals surface area contributed by atoms with Crippen molar-refractivity contribution in [3.05, 3.63) is 0 Å². The van der Waals surface area contributed by atoms with Crippen LogP contribution in [0.25, 0.3) is 0 Å². The van der Waals surface area contributed by atoms with Crippen molar-refractivity contribution < 1.29 is 9.53 Å². The van der Waals surface area contributed by atoms with Crippen molar-refractivity contribution in [1.82, 2.24) is 0 Å². The molecule has 0 rings (SSSR count). The van der Waals surface area contributed by atoms with Crippen LogP contribution in [0.5, 0.6) is 0 Å². The van der Waals surface area contributed by atoms with Gasteiger partial charge in [-0.25, -0.2) is 0 Å². The average molecular weight is 194 g/mol. The average Bonchev–Trinajstić information content (AvgIpc) is 1.96. The summed E-state index contributed by atoms with van der Waals surface area (Å²) in [6.45, 7) is 3.57.